The highest BCUT2D eigenvalue weighted by molar-refractivity contribution is 7.98. The van der Waals surface area contributed by atoms with Crippen molar-refractivity contribution in [3.63, 3.8) is 0 Å². The standard InChI is InChI=1S/C14H18N2O2S/c1-10(2)12-6-4-3-5-11(12)7-8-19-9-13-15-16-14(17)18-13/h3-6,10H,7-9H2,1-2H3,(H,16,17). The lowest BCUT2D eigenvalue weighted by Gasteiger charge is -2.11. The fourth-order valence-corrected chi connectivity index (χ4v) is 2.80. The summed E-state index contributed by atoms with van der Waals surface area (Å²) in [5.74, 6) is 2.14. The van der Waals surface area contributed by atoms with Gasteiger partial charge in [-0.25, -0.2) is 9.89 Å². The van der Waals surface area contributed by atoms with Crippen LogP contribution in [0.4, 0.5) is 0 Å². The van der Waals surface area contributed by atoms with Crippen LogP contribution in [0.15, 0.2) is 33.5 Å². The van der Waals surface area contributed by atoms with Crippen LogP contribution in [-0.2, 0) is 12.2 Å². The second-order valence-electron chi connectivity index (χ2n) is 4.66. The van der Waals surface area contributed by atoms with Crippen molar-refractivity contribution in [2.45, 2.75) is 31.9 Å². The molecule has 1 aromatic carbocycles. The Kier molecular flexibility index (Phi) is 4.85. The third-order valence-electron chi connectivity index (χ3n) is 2.90. The number of nitrogens with zero attached hydrogens (tertiary/aromatic N) is 1. The molecule has 0 aliphatic rings. The summed E-state index contributed by atoms with van der Waals surface area (Å²) in [6.45, 7) is 4.43. The third kappa shape index (κ3) is 3.99. The quantitative estimate of drug-likeness (QED) is 0.825. The number of aromatic amines is 1. The molecule has 19 heavy (non-hydrogen) atoms. The molecule has 0 spiro atoms. The molecule has 0 aliphatic heterocycles. The van der Waals surface area contributed by atoms with Crippen LogP contribution >= 0.6 is 11.8 Å². The van der Waals surface area contributed by atoms with Crippen molar-refractivity contribution in [1.82, 2.24) is 10.2 Å². The highest BCUT2D eigenvalue weighted by Gasteiger charge is 2.06. The molecule has 0 unspecified atom stereocenters. The van der Waals surface area contributed by atoms with Crippen LogP contribution in [-0.4, -0.2) is 16.0 Å². The van der Waals surface area contributed by atoms with E-state index in [1.54, 1.807) is 11.8 Å². The smallest absolute Gasteiger partial charge is 0.392 e. The largest absolute Gasteiger partial charge is 0.434 e. The van der Waals surface area contributed by atoms with Gasteiger partial charge in [-0.05, 0) is 29.2 Å². The van der Waals surface area contributed by atoms with Gasteiger partial charge in [-0.15, -0.1) is 5.10 Å². The highest BCUT2D eigenvalue weighted by atomic mass is 32.2. The topological polar surface area (TPSA) is 58.9 Å². The average molecular weight is 278 g/mol. The van der Waals surface area contributed by atoms with Crippen LogP contribution < -0.4 is 5.76 Å². The van der Waals surface area contributed by atoms with Gasteiger partial charge in [0.1, 0.15) is 0 Å². The lowest BCUT2D eigenvalue weighted by atomic mass is 9.96. The van der Waals surface area contributed by atoms with Crippen molar-refractivity contribution in [1.29, 1.82) is 0 Å². The van der Waals surface area contributed by atoms with Gasteiger partial charge in [0.25, 0.3) is 0 Å². The molecule has 2 aromatic rings. The molecule has 0 saturated heterocycles. The van der Waals surface area contributed by atoms with Crippen LogP contribution in [0.5, 0.6) is 0 Å². The van der Waals surface area contributed by atoms with E-state index in [1.807, 2.05) is 0 Å². The van der Waals surface area contributed by atoms with E-state index in [-0.39, 0.29) is 0 Å². The first kappa shape index (κ1) is 13.9. The lowest BCUT2D eigenvalue weighted by Crippen LogP contribution is -1.98. The zero-order valence-corrected chi connectivity index (χ0v) is 12.0. The number of thioether (sulfide) groups is 1. The van der Waals surface area contributed by atoms with Gasteiger partial charge in [-0.1, -0.05) is 38.1 Å². The van der Waals surface area contributed by atoms with Crippen LogP contribution in [0, 0.1) is 0 Å². The van der Waals surface area contributed by atoms with Gasteiger partial charge in [-0.3, -0.25) is 0 Å². The Morgan fingerprint density at radius 3 is 2.84 bits per heavy atom. The Bertz CT molecular complexity index is 575. The Morgan fingerprint density at radius 1 is 1.37 bits per heavy atom. The van der Waals surface area contributed by atoms with Gasteiger partial charge >= 0.3 is 5.76 Å². The van der Waals surface area contributed by atoms with E-state index in [0.717, 1.165) is 12.2 Å². The first-order valence-electron chi connectivity index (χ1n) is 6.36. The lowest BCUT2D eigenvalue weighted by molar-refractivity contribution is 0.479. The van der Waals surface area contributed by atoms with E-state index < -0.39 is 5.76 Å². The van der Waals surface area contributed by atoms with Gasteiger partial charge in [0.2, 0.25) is 5.89 Å². The monoisotopic (exact) mass is 278 g/mol. The summed E-state index contributed by atoms with van der Waals surface area (Å²) in [4.78, 5) is 10.8. The second kappa shape index (κ2) is 6.61. The fourth-order valence-electron chi connectivity index (χ4n) is 1.99. The summed E-state index contributed by atoms with van der Waals surface area (Å²) in [6, 6.07) is 8.55. The number of aromatic nitrogens is 2. The first-order chi connectivity index (χ1) is 9.16. The number of benzene rings is 1. The molecule has 0 aliphatic carbocycles. The molecule has 1 heterocycles. The van der Waals surface area contributed by atoms with Crippen molar-refractivity contribution in [3.05, 3.63) is 51.8 Å². The third-order valence-corrected chi connectivity index (χ3v) is 3.84. The molecule has 0 bridgehead atoms. The number of nitrogens with one attached hydrogen (secondary N) is 1. The van der Waals surface area contributed by atoms with E-state index in [2.05, 4.69) is 48.3 Å². The summed E-state index contributed by atoms with van der Waals surface area (Å²) in [7, 11) is 0. The van der Waals surface area contributed by atoms with Crippen LogP contribution in [0.3, 0.4) is 0 Å². The van der Waals surface area contributed by atoms with E-state index in [1.165, 1.54) is 11.1 Å². The minimum absolute atomic E-state index is 0.465. The van der Waals surface area contributed by atoms with Crippen LogP contribution in [0.1, 0.15) is 36.8 Å². The molecular weight excluding hydrogens is 260 g/mol. The van der Waals surface area contributed by atoms with Gasteiger partial charge in [-0.2, -0.15) is 11.8 Å². The molecule has 0 radical (unpaired) electrons. The minimum atomic E-state index is -0.485. The fraction of sp³-hybridized carbons (Fsp3) is 0.429. The molecule has 1 aromatic heterocycles. The summed E-state index contributed by atoms with van der Waals surface area (Å²) in [6.07, 6.45) is 1.02. The predicted molar refractivity (Wildman–Crippen MR) is 77.5 cm³/mol. The molecular formula is C14H18N2O2S. The SMILES string of the molecule is CC(C)c1ccccc1CCSCc1n[nH]c(=O)o1. The van der Waals surface area contributed by atoms with E-state index in [4.69, 9.17) is 4.42 Å². The molecule has 2 rings (SSSR count). The number of hydrogen-bond acceptors (Lipinski definition) is 4. The summed E-state index contributed by atoms with van der Waals surface area (Å²) >= 11 is 1.72. The van der Waals surface area contributed by atoms with Gasteiger partial charge in [0, 0.05) is 0 Å². The molecule has 0 saturated carbocycles. The number of H-pyrrole nitrogens is 1. The highest BCUT2D eigenvalue weighted by Crippen LogP contribution is 2.21. The Hall–Kier alpha value is -1.49. The first-order valence-corrected chi connectivity index (χ1v) is 7.52. The zero-order valence-electron chi connectivity index (χ0n) is 11.2. The van der Waals surface area contributed by atoms with E-state index in [0.29, 0.717) is 17.6 Å². The van der Waals surface area contributed by atoms with Gasteiger partial charge in [0.15, 0.2) is 0 Å². The zero-order chi connectivity index (χ0) is 13.7. The van der Waals surface area contributed by atoms with E-state index in [9.17, 15) is 4.79 Å². The normalized spacial score (nSPS) is 11.1. The summed E-state index contributed by atoms with van der Waals surface area (Å²) in [5, 5.41) is 6.05. The predicted octanol–water partition coefficient (Wildman–Crippen LogP) is 2.96. The average Bonchev–Trinajstić information content (AvgIpc) is 2.81. The van der Waals surface area contributed by atoms with Crippen molar-refractivity contribution in [2.24, 2.45) is 0 Å². The molecule has 0 fully saturated rings. The minimum Gasteiger partial charge on any atom is -0.392 e. The molecule has 0 atom stereocenters. The van der Waals surface area contributed by atoms with Crippen molar-refractivity contribution < 1.29 is 4.42 Å². The molecule has 0 amide bonds. The number of aryl methyl sites for hydroxylation is 1. The maximum atomic E-state index is 10.8. The van der Waals surface area contributed by atoms with E-state index >= 15 is 0 Å². The van der Waals surface area contributed by atoms with Crippen LogP contribution in [0.25, 0.3) is 0 Å². The molecule has 102 valence electrons. The Morgan fingerprint density at radius 2 is 2.16 bits per heavy atom. The number of rotatable bonds is 6. The van der Waals surface area contributed by atoms with Crippen LogP contribution in [0.2, 0.25) is 0 Å². The summed E-state index contributed by atoms with van der Waals surface area (Å²) in [5.41, 5.74) is 2.81. The maximum absolute atomic E-state index is 10.8. The Labute approximate surface area is 116 Å². The summed E-state index contributed by atoms with van der Waals surface area (Å²) < 4.78 is 4.85. The van der Waals surface area contributed by atoms with Gasteiger partial charge in [0.05, 0.1) is 5.75 Å². The number of hydrogen-bond donors (Lipinski definition) is 1. The van der Waals surface area contributed by atoms with Crippen molar-refractivity contribution >= 4 is 11.8 Å². The maximum Gasteiger partial charge on any atom is 0.434 e. The van der Waals surface area contributed by atoms with Crippen molar-refractivity contribution in [3.8, 4) is 0 Å². The second-order valence-corrected chi connectivity index (χ2v) is 5.77. The molecule has 5 heteroatoms. The molecule has 4 nitrogen and oxygen atoms in total. The molecule has 1 N–H and O–H groups in total. The van der Waals surface area contributed by atoms with Gasteiger partial charge < -0.3 is 4.42 Å². The Balaban J connectivity index is 1.84. The van der Waals surface area contributed by atoms with Crippen molar-refractivity contribution in [2.75, 3.05) is 5.75 Å².